The van der Waals surface area contributed by atoms with E-state index in [-0.39, 0.29) is 11.9 Å². The van der Waals surface area contributed by atoms with Crippen molar-refractivity contribution in [3.63, 3.8) is 0 Å². The number of benzene rings is 1. The molecule has 2 aromatic rings. The summed E-state index contributed by atoms with van der Waals surface area (Å²) in [7, 11) is 0.258. The Kier molecular flexibility index (Phi) is 4.84. The molecule has 2 unspecified atom stereocenters. The van der Waals surface area contributed by atoms with Crippen LogP contribution in [0.3, 0.4) is 0 Å². The molecule has 0 radical (unpaired) electrons. The van der Waals surface area contributed by atoms with Gasteiger partial charge >= 0.3 is 5.97 Å². The summed E-state index contributed by atoms with van der Waals surface area (Å²) in [4.78, 5) is 15.6. The maximum Gasteiger partial charge on any atom is 0.309 e. The highest BCUT2D eigenvalue weighted by atomic mass is 32.2. The SMILES string of the molecule is COC(=O)C(C)CS(=O)Cc1ccc2ncccc2c1. The zero-order chi connectivity index (χ0) is 14.5. The number of rotatable bonds is 5. The molecule has 0 bridgehead atoms. The Bertz CT molecular complexity index is 642. The molecule has 0 spiro atoms. The molecule has 20 heavy (non-hydrogen) atoms. The summed E-state index contributed by atoms with van der Waals surface area (Å²) in [5, 5.41) is 1.03. The lowest BCUT2D eigenvalue weighted by Gasteiger charge is -2.09. The molecule has 1 aromatic carbocycles. The Labute approximate surface area is 120 Å². The Morgan fingerprint density at radius 1 is 1.40 bits per heavy atom. The molecule has 1 aromatic heterocycles. The maximum atomic E-state index is 12.1. The zero-order valence-corrected chi connectivity index (χ0v) is 12.4. The summed E-state index contributed by atoms with van der Waals surface area (Å²) in [6.45, 7) is 1.73. The third-order valence-electron chi connectivity index (χ3n) is 3.03. The fourth-order valence-corrected chi connectivity index (χ4v) is 3.37. The third kappa shape index (κ3) is 3.63. The number of methoxy groups -OCH3 is 1. The van der Waals surface area contributed by atoms with Gasteiger partial charge in [0.25, 0.3) is 0 Å². The number of hydrogen-bond acceptors (Lipinski definition) is 4. The summed E-state index contributed by atoms with van der Waals surface area (Å²) in [5.74, 6) is 0.0909. The van der Waals surface area contributed by atoms with E-state index in [2.05, 4.69) is 9.72 Å². The molecule has 0 fully saturated rings. The molecule has 2 rings (SSSR count). The molecule has 0 amide bonds. The van der Waals surface area contributed by atoms with E-state index in [9.17, 15) is 9.00 Å². The van der Waals surface area contributed by atoms with Gasteiger partial charge < -0.3 is 4.74 Å². The van der Waals surface area contributed by atoms with Crippen LogP contribution in [0.5, 0.6) is 0 Å². The van der Waals surface area contributed by atoms with Crippen LogP contribution >= 0.6 is 0 Å². The van der Waals surface area contributed by atoms with E-state index in [1.54, 1.807) is 13.1 Å². The van der Waals surface area contributed by atoms with Gasteiger partial charge in [0.15, 0.2) is 0 Å². The third-order valence-corrected chi connectivity index (χ3v) is 4.56. The van der Waals surface area contributed by atoms with Crippen molar-refractivity contribution in [2.75, 3.05) is 12.9 Å². The molecule has 0 saturated heterocycles. The highest BCUT2D eigenvalue weighted by Crippen LogP contribution is 2.15. The number of aromatic nitrogens is 1. The van der Waals surface area contributed by atoms with E-state index in [0.717, 1.165) is 16.5 Å². The van der Waals surface area contributed by atoms with Gasteiger partial charge in [-0.05, 0) is 23.8 Å². The summed E-state index contributed by atoms with van der Waals surface area (Å²) >= 11 is 0. The van der Waals surface area contributed by atoms with Crippen molar-refractivity contribution in [2.24, 2.45) is 5.92 Å². The molecule has 0 saturated carbocycles. The van der Waals surface area contributed by atoms with E-state index in [1.807, 2.05) is 30.3 Å². The summed E-state index contributed by atoms with van der Waals surface area (Å²) < 4.78 is 16.7. The van der Waals surface area contributed by atoms with E-state index in [1.165, 1.54) is 7.11 Å². The molecule has 4 nitrogen and oxygen atoms in total. The van der Waals surface area contributed by atoms with Crippen molar-refractivity contribution in [2.45, 2.75) is 12.7 Å². The van der Waals surface area contributed by atoms with Crippen LogP contribution in [0.15, 0.2) is 36.5 Å². The lowest BCUT2D eigenvalue weighted by Crippen LogP contribution is -2.20. The normalized spacial score (nSPS) is 13.9. The number of ether oxygens (including phenoxy) is 1. The van der Waals surface area contributed by atoms with Gasteiger partial charge in [-0.15, -0.1) is 0 Å². The number of pyridine rings is 1. The minimum Gasteiger partial charge on any atom is -0.469 e. The van der Waals surface area contributed by atoms with Gasteiger partial charge in [-0.1, -0.05) is 19.1 Å². The second-order valence-corrected chi connectivity index (χ2v) is 6.21. The highest BCUT2D eigenvalue weighted by Gasteiger charge is 2.16. The fraction of sp³-hybridized carbons (Fsp3) is 0.333. The molecule has 0 N–H and O–H groups in total. The standard InChI is InChI=1S/C15H17NO3S/c1-11(15(17)19-2)9-20(18)10-12-5-6-14-13(8-12)4-3-7-16-14/h3-8,11H,9-10H2,1-2H3. The zero-order valence-electron chi connectivity index (χ0n) is 11.5. The van der Waals surface area contributed by atoms with Crippen molar-refractivity contribution in [3.05, 3.63) is 42.1 Å². The Morgan fingerprint density at radius 2 is 2.20 bits per heavy atom. The van der Waals surface area contributed by atoms with Crippen LogP contribution < -0.4 is 0 Å². The molecule has 0 aliphatic carbocycles. The second kappa shape index (κ2) is 6.61. The molecule has 2 atom stereocenters. The maximum absolute atomic E-state index is 12.1. The fourth-order valence-electron chi connectivity index (χ4n) is 2.01. The molecule has 1 heterocycles. The number of carbonyl (C=O) groups excluding carboxylic acids is 1. The van der Waals surface area contributed by atoms with Gasteiger partial charge in [0.1, 0.15) is 0 Å². The minimum atomic E-state index is -1.09. The smallest absolute Gasteiger partial charge is 0.309 e. The van der Waals surface area contributed by atoms with Crippen LogP contribution in [0.1, 0.15) is 12.5 Å². The van der Waals surface area contributed by atoms with Gasteiger partial charge in [0, 0.05) is 33.9 Å². The van der Waals surface area contributed by atoms with Gasteiger partial charge in [0.2, 0.25) is 0 Å². The summed E-state index contributed by atoms with van der Waals surface area (Å²) in [5.41, 5.74) is 1.91. The molecule has 0 aliphatic heterocycles. The summed E-state index contributed by atoms with van der Waals surface area (Å²) in [6.07, 6.45) is 1.75. The van der Waals surface area contributed by atoms with Crippen LogP contribution in [0.4, 0.5) is 0 Å². The van der Waals surface area contributed by atoms with E-state index < -0.39 is 10.8 Å². The monoisotopic (exact) mass is 291 g/mol. The number of fused-ring (bicyclic) bond motifs is 1. The van der Waals surface area contributed by atoms with E-state index in [4.69, 9.17) is 0 Å². The van der Waals surface area contributed by atoms with Crippen LogP contribution in [0.25, 0.3) is 10.9 Å². The number of esters is 1. The minimum absolute atomic E-state index is 0.317. The number of carbonyl (C=O) groups is 1. The van der Waals surface area contributed by atoms with Crippen LogP contribution in [-0.2, 0) is 26.1 Å². The Balaban J connectivity index is 2.04. The number of hydrogen-bond donors (Lipinski definition) is 0. The lowest BCUT2D eigenvalue weighted by molar-refractivity contribution is -0.144. The first-order valence-electron chi connectivity index (χ1n) is 6.36. The van der Waals surface area contributed by atoms with Crippen LogP contribution in [-0.4, -0.2) is 28.0 Å². The Morgan fingerprint density at radius 3 is 2.95 bits per heavy atom. The summed E-state index contributed by atoms with van der Waals surface area (Å²) in [6, 6.07) is 9.69. The molecule has 5 heteroatoms. The van der Waals surface area contributed by atoms with Crippen LogP contribution in [0.2, 0.25) is 0 Å². The Hall–Kier alpha value is -1.75. The van der Waals surface area contributed by atoms with Crippen molar-refractivity contribution in [1.82, 2.24) is 4.98 Å². The predicted octanol–water partition coefficient (Wildman–Crippen LogP) is 2.29. The van der Waals surface area contributed by atoms with Crippen molar-refractivity contribution < 1.29 is 13.7 Å². The lowest BCUT2D eigenvalue weighted by atomic mass is 10.1. The van der Waals surface area contributed by atoms with Crippen molar-refractivity contribution >= 4 is 27.7 Å². The highest BCUT2D eigenvalue weighted by molar-refractivity contribution is 7.84. The average Bonchev–Trinajstić information content (AvgIpc) is 2.46. The average molecular weight is 291 g/mol. The molecular weight excluding hydrogens is 274 g/mol. The second-order valence-electron chi connectivity index (χ2n) is 4.71. The predicted molar refractivity (Wildman–Crippen MR) is 79.6 cm³/mol. The van der Waals surface area contributed by atoms with Gasteiger partial charge in [-0.3, -0.25) is 14.0 Å². The van der Waals surface area contributed by atoms with Crippen molar-refractivity contribution in [1.29, 1.82) is 0 Å². The van der Waals surface area contributed by atoms with Gasteiger partial charge in [0.05, 0.1) is 18.5 Å². The first kappa shape index (κ1) is 14.7. The van der Waals surface area contributed by atoms with Gasteiger partial charge in [-0.25, -0.2) is 0 Å². The first-order chi connectivity index (χ1) is 9.60. The topological polar surface area (TPSA) is 56.3 Å². The van der Waals surface area contributed by atoms with Crippen molar-refractivity contribution in [3.8, 4) is 0 Å². The first-order valence-corrected chi connectivity index (χ1v) is 7.85. The van der Waals surface area contributed by atoms with Crippen LogP contribution in [0, 0.1) is 5.92 Å². The van der Waals surface area contributed by atoms with E-state index >= 15 is 0 Å². The van der Waals surface area contributed by atoms with E-state index in [0.29, 0.717) is 11.5 Å². The largest absolute Gasteiger partial charge is 0.469 e. The molecular formula is C15H17NO3S. The quantitative estimate of drug-likeness (QED) is 0.793. The van der Waals surface area contributed by atoms with Gasteiger partial charge in [-0.2, -0.15) is 0 Å². The molecule has 0 aliphatic rings. The number of nitrogens with zero attached hydrogens (tertiary/aromatic N) is 1. The molecule has 106 valence electrons.